The summed E-state index contributed by atoms with van der Waals surface area (Å²) < 4.78 is 26.3. The van der Waals surface area contributed by atoms with Gasteiger partial charge in [0.1, 0.15) is 0 Å². The van der Waals surface area contributed by atoms with E-state index in [1.165, 1.54) is 43.9 Å². The van der Waals surface area contributed by atoms with Crippen molar-refractivity contribution >= 4 is 9.84 Å². The van der Waals surface area contributed by atoms with Gasteiger partial charge >= 0.3 is 0 Å². The first-order valence-electron chi connectivity index (χ1n) is 9.40. The van der Waals surface area contributed by atoms with Crippen molar-refractivity contribution < 1.29 is 8.42 Å². The maximum atomic E-state index is 12.2. The van der Waals surface area contributed by atoms with Crippen molar-refractivity contribution in [3.8, 4) is 0 Å². The minimum Gasteiger partial charge on any atom is -0.317 e. The van der Waals surface area contributed by atoms with Crippen LogP contribution in [0.5, 0.6) is 0 Å². The average Bonchev–Trinajstić information content (AvgIpc) is 2.99. The Balaban J connectivity index is 1.78. The van der Waals surface area contributed by atoms with Gasteiger partial charge in [0.05, 0.1) is 11.9 Å². The molecule has 1 heterocycles. The van der Waals surface area contributed by atoms with E-state index in [2.05, 4.69) is 29.1 Å². The molecule has 1 aliphatic rings. The lowest BCUT2D eigenvalue weighted by molar-refractivity contribution is 0.282. The van der Waals surface area contributed by atoms with Gasteiger partial charge in [0.2, 0.25) is 15.0 Å². The average molecular weight is 376 g/mol. The zero-order valence-corrected chi connectivity index (χ0v) is 16.6. The zero-order chi connectivity index (χ0) is 18.6. The van der Waals surface area contributed by atoms with E-state index in [0.717, 1.165) is 18.8 Å². The molecule has 1 aromatic carbocycles. The fourth-order valence-electron chi connectivity index (χ4n) is 3.86. The molecule has 0 amide bonds. The molecule has 0 unspecified atom stereocenters. The van der Waals surface area contributed by atoms with Crippen molar-refractivity contribution in [2.45, 2.75) is 56.9 Å². The van der Waals surface area contributed by atoms with Crippen LogP contribution in [0.2, 0.25) is 0 Å². The number of nitrogens with zero attached hydrogens (tertiary/aromatic N) is 3. The van der Waals surface area contributed by atoms with Gasteiger partial charge in [-0.3, -0.25) is 4.90 Å². The molecule has 3 rings (SSSR count). The smallest absolute Gasteiger partial charge is 0.227 e. The van der Waals surface area contributed by atoms with Gasteiger partial charge in [0.15, 0.2) is 0 Å². The van der Waals surface area contributed by atoms with E-state index in [4.69, 9.17) is 0 Å². The molecule has 1 aromatic heterocycles. The molecule has 6 heteroatoms. The van der Waals surface area contributed by atoms with Gasteiger partial charge in [-0.2, -0.15) is 0 Å². The van der Waals surface area contributed by atoms with E-state index in [1.54, 1.807) is 6.20 Å². The molecular weight excluding hydrogens is 346 g/mol. The summed E-state index contributed by atoms with van der Waals surface area (Å²) in [5, 5.41) is 0.214. The molecule has 0 spiro atoms. The van der Waals surface area contributed by atoms with Crippen molar-refractivity contribution in [3.63, 3.8) is 0 Å². The highest BCUT2D eigenvalue weighted by Crippen LogP contribution is 2.27. The van der Waals surface area contributed by atoms with Crippen LogP contribution in [0.15, 0.2) is 41.7 Å². The second kappa shape index (κ2) is 8.35. The molecule has 26 heavy (non-hydrogen) atoms. The number of hydrogen-bond acceptors (Lipinski definition) is 4. The first-order chi connectivity index (χ1) is 12.4. The normalized spacial score (nSPS) is 16.3. The molecule has 1 fully saturated rings. The molecule has 1 aliphatic carbocycles. The van der Waals surface area contributed by atoms with E-state index in [1.807, 2.05) is 22.8 Å². The summed E-state index contributed by atoms with van der Waals surface area (Å²) in [6.07, 6.45) is 9.14. The van der Waals surface area contributed by atoms with Crippen molar-refractivity contribution in [3.05, 3.63) is 47.8 Å². The van der Waals surface area contributed by atoms with Crippen molar-refractivity contribution in [2.75, 3.05) is 13.3 Å². The van der Waals surface area contributed by atoms with E-state index in [-0.39, 0.29) is 5.16 Å². The molecule has 0 bridgehead atoms. The molecule has 0 radical (unpaired) electrons. The summed E-state index contributed by atoms with van der Waals surface area (Å²) in [5.41, 5.74) is 2.23. The number of rotatable bonds is 7. The Kier molecular flexibility index (Phi) is 6.14. The minimum atomic E-state index is -3.32. The maximum absolute atomic E-state index is 12.2. The van der Waals surface area contributed by atoms with Crippen LogP contribution in [0.1, 0.15) is 43.4 Å². The Bertz CT molecular complexity index is 809. The quantitative estimate of drug-likeness (QED) is 0.743. The molecule has 0 aliphatic heterocycles. The Morgan fingerprint density at radius 1 is 1.12 bits per heavy atom. The van der Waals surface area contributed by atoms with Crippen LogP contribution in [0.4, 0.5) is 0 Å². The fourth-order valence-corrected chi connectivity index (χ4v) is 4.70. The summed E-state index contributed by atoms with van der Waals surface area (Å²) in [5.74, 6) is 0.552. The Labute approximate surface area is 157 Å². The molecule has 0 atom stereocenters. The molecular formula is C20H29N3O2S. The van der Waals surface area contributed by atoms with Crippen LogP contribution in [0.3, 0.4) is 0 Å². The predicted molar refractivity (Wildman–Crippen MR) is 104 cm³/mol. The minimum absolute atomic E-state index is 0.214. The van der Waals surface area contributed by atoms with Crippen molar-refractivity contribution in [1.29, 1.82) is 0 Å². The first kappa shape index (κ1) is 19.1. The first-order valence-corrected chi connectivity index (χ1v) is 11.3. The fraction of sp³-hybridized carbons (Fsp3) is 0.550. The standard InChI is InChI=1S/C20H29N3O2S/c1-22(14-17-9-5-3-6-10-17)16-19-13-21-20(26(2,24)25)23(19)15-18-11-7-4-8-12-18/h3,5-6,9-10,13,18H,4,7-8,11-12,14-16H2,1-2H3. The highest BCUT2D eigenvalue weighted by molar-refractivity contribution is 7.90. The summed E-state index contributed by atoms with van der Waals surface area (Å²) in [6, 6.07) is 10.3. The second-order valence-corrected chi connectivity index (χ2v) is 9.49. The van der Waals surface area contributed by atoms with E-state index < -0.39 is 9.84 Å². The SMILES string of the molecule is CN(Cc1ccccc1)Cc1cnc(S(C)(=O)=O)n1CC1CCCCC1. The summed E-state index contributed by atoms with van der Waals surface area (Å²) in [6.45, 7) is 2.27. The van der Waals surface area contributed by atoms with Crippen molar-refractivity contribution in [1.82, 2.24) is 14.5 Å². The molecule has 0 N–H and O–H groups in total. The number of benzene rings is 1. The third kappa shape index (κ3) is 4.95. The van der Waals surface area contributed by atoms with Crippen LogP contribution < -0.4 is 0 Å². The van der Waals surface area contributed by atoms with Crippen LogP contribution >= 0.6 is 0 Å². The van der Waals surface area contributed by atoms with Crippen LogP contribution in [-0.2, 0) is 29.5 Å². The Morgan fingerprint density at radius 2 is 1.81 bits per heavy atom. The number of sulfone groups is 1. The van der Waals surface area contributed by atoms with Gasteiger partial charge in [-0.25, -0.2) is 13.4 Å². The Hall–Kier alpha value is -1.66. The third-order valence-electron chi connectivity index (χ3n) is 5.13. The highest BCUT2D eigenvalue weighted by atomic mass is 32.2. The van der Waals surface area contributed by atoms with Crippen LogP contribution in [0, 0.1) is 5.92 Å². The number of aromatic nitrogens is 2. The van der Waals surface area contributed by atoms with E-state index >= 15 is 0 Å². The van der Waals surface area contributed by atoms with Gasteiger partial charge in [-0.05, 0) is 31.4 Å². The van der Waals surface area contributed by atoms with E-state index in [0.29, 0.717) is 12.5 Å². The lowest BCUT2D eigenvalue weighted by Gasteiger charge is -2.25. The largest absolute Gasteiger partial charge is 0.317 e. The molecule has 1 saturated carbocycles. The van der Waals surface area contributed by atoms with Gasteiger partial charge in [0.25, 0.3) is 0 Å². The monoisotopic (exact) mass is 375 g/mol. The summed E-state index contributed by atoms with van der Waals surface area (Å²) in [7, 11) is -1.26. The second-order valence-electron chi connectivity index (χ2n) is 7.58. The van der Waals surface area contributed by atoms with Gasteiger partial charge < -0.3 is 4.57 Å². The zero-order valence-electron chi connectivity index (χ0n) is 15.8. The lowest BCUT2D eigenvalue weighted by atomic mass is 9.89. The summed E-state index contributed by atoms with van der Waals surface area (Å²) in [4.78, 5) is 6.47. The van der Waals surface area contributed by atoms with Gasteiger partial charge in [0, 0.05) is 25.9 Å². The molecule has 0 saturated heterocycles. The maximum Gasteiger partial charge on any atom is 0.227 e. The molecule has 2 aromatic rings. The Morgan fingerprint density at radius 3 is 2.46 bits per heavy atom. The third-order valence-corrected chi connectivity index (χ3v) is 6.12. The summed E-state index contributed by atoms with van der Waals surface area (Å²) >= 11 is 0. The number of imidazole rings is 1. The molecule has 142 valence electrons. The van der Waals surface area contributed by atoms with E-state index in [9.17, 15) is 8.42 Å². The molecule has 5 nitrogen and oxygen atoms in total. The van der Waals surface area contributed by atoms with Gasteiger partial charge in [-0.1, -0.05) is 49.6 Å². The highest BCUT2D eigenvalue weighted by Gasteiger charge is 2.23. The van der Waals surface area contributed by atoms with Crippen LogP contribution in [-0.4, -0.2) is 36.2 Å². The lowest BCUT2D eigenvalue weighted by Crippen LogP contribution is -2.23. The van der Waals surface area contributed by atoms with Crippen molar-refractivity contribution in [2.24, 2.45) is 5.92 Å². The van der Waals surface area contributed by atoms with Crippen LogP contribution in [0.25, 0.3) is 0 Å². The predicted octanol–water partition coefficient (Wildman–Crippen LogP) is 3.50. The van der Waals surface area contributed by atoms with Gasteiger partial charge in [-0.15, -0.1) is 0 Å². The number of hydrogen-bond donors (Lipinski definition) is 0. The topological polar surface area (TPSA) is 55.2 Å².